The number of pyridine rings is 1. The van der Waals surface area contributed by atoms with E-state index in [1.54, 1.807) is 0 Å². The number of halogens is 2. The summed E-state index contributed by atoms with van der Waals surface area (Å²) >= 11 is 7.05. The van der Waals surface area contributed by atoms with Crippen molar-refractivity contribution in [1.29, 1.82) is 0 Å². The van der Waals surface area contributed by atoms with Crippen molar-refractivity contribution in [3.8, 4) is 11.3 Å². The predicted octanol–water partition coefficient (Wildman–Crippen LogP) is 7.22. The average Bonchev–Trinajstić information content (AvgIpc) is 3.09. The monoisotopic (exact) mass is 505 g/mol. The fraction of sp³-hybridized carbons (Fsp3) is 0.364. The van der Waals surface area contributed by atoms with Crippen LogP contribution in [0, 0.1) is 0 Å². The number of nitrogens with zero attached hydrogens (tertiary/aromatic N) is 2. The zero-order chi connectivity index (χ0) is 19.9. The topological polar surface area (TPSA) is 46.4 Å². The van der Waals surface area contributed by atoms with Crippen LogP contribution in [-0.2, 0) is 4.79 Å². The smallest absolute Gasteiger partial charge is 0.224 e. The van der Waals surface area contributed by atoms with Crippen LogP contribution in [0.3, 0.4) is 0 Å². The third-order valence-corrected chi connectivity index (χ3v) is 5.69. The molecule has 0 aliphatic carbocycles. The molecule has 2 aromatic heterocycles. The second-order valence-corrected chi connectivity index (χ2v) is 8.78. The van der Waals surface area contributed by atoms with Crippen LogP contribution in [0.5, 0.6) is 0 Å². The van der Waals surface area contributed by atoms with Gasteiger partial charge in [-0.2, -0.15) is 0 Å². The van der Waals surface area contributed by atoms with Gasteiger partial charge in [-0.25, -0.2) is 4.98 Å². The molecule has 28 heavy (non-hydrogen) atoms. The maximum atomic E-state index is 12.2. The van der Waals surface area contributed by atoms with E-state index in [9.17, 15) is 4.79 Å². The minimum atomic E-state index is 0.0781. The highest BCUT2D eigenvalue weighted by Gasteiger charge is 2.09. The summed E-state index contributed by atoms with van der Waals surface area (Å²) in [5, 5.41) is 3.02. The third-order valence-electron chi connectivity index (χ3n) is 4.67. The van der Waals surface area contributed by atoms with Gasteiger partial charge >= 0.3 is 0 Å². The molecule has 1 N–H and O–H groups in total. The summed E-state index contributed by atoms with van der Waals surface area (Å²) in [6, 6.07) is 9.83. The van der Waals surface area contributed by atoms with Crippen LogP contribution in [0.2, 0.25) is 0 Å². The van der Waals surface area contributed by atoms with Gasteiger partial charge in [-0.15, -0.1) is 0 Å². The number of amides is 1. The van der Waals surface area contributed by atoms with Crippen LogP contribution >= 0.6 is 31.9 Å². The van der Waals surface area contributed by atoms with Crippen LogP contribution in [0.4, 0.5) is 5.69 Å². The molecule has 0 atom stereocenters. The molecule has 0 spiro atoms. The molecule has 0 aliphatic rings. The van der Waals surface area contributed by atoms with Crippen LogP contribution in [-0.4, -0.2) is 15.3 Å². The molecule has 0 unspecified atom stereocenters. The number of aromatic nitrogens is 2. The largest absolute Gasteiger partial charge is 0.326 e. The second kappa shape index (κ2) is 10.2. The zero-order valence-electron chi connectivity index (χ0n) is 16.0. The van der Waals surface area contributed by atoms with Crippen molar-refractivity contribution in [2.75, 3.05) is 5.32 Å². The van der Waals surface area contributed by atoms with E-state index in [1.165, 1.54) is 25.7 Å². The van der Waals surface area contributed by atoms with E-state index in [0.29, 0.717) is 6.42 Å². The van der Waals surface area contributed by atoms with Crippen molar-refractivity contribution in [1.82, 2.24) is 9.38 Å². The Labute approximate surface area is 183 Å². The van der Waals surface area contributed by atoms with Crippen molar-refractivity contribution in [3.63, 3.8) is 0 Å². The fourth-order valence-corrected chi connectivity index (χ4v) is 4.51. The number of anilines is 1. The standard InChI is InChI=1S/C22H25Br2N3O/c1-2-3-4-5-6-7-11-21(28)25-18-10-8-9-16(12-18)20-15-27-14-17(23)13-19(24)22(27)26-20/h8-10,12-15H,2-7,11H2,1H3,(H,25,28). The summed E-state index contributed by atoms with van der Waals surface area (Å²) in [5.41, 5.74) is 3.51. The summed E-state index contributed by atoms with van der Waals surface area (Å²) in [7, 11) is 0. The zero-order valence-corrected chi connectivity index (χ0v) is 19.2. The lowest BCUT2D eigenvalue weighted by molar-refractivity contribution is -0.116. The number of fused-ring (bicyclic) bond motifs is 1. The van der Waals surface area contributed by atoms with E-state index in [1.807, 2.05) is 47.1 Å². The molecule has 0 aliphatic heterocycles. The van der Waals surface area contributed by atoms with Gasteiger partial charge in [0.25, 0.3) is 0 Å². The SMILES string of the molecule is CCCCCCCCC(=O)Nc1cccc(-c2cn3cc(Br)cc(Br)c3n2)c1. The Bertz CT molecular complexity index is 952. The van der Waals surface area contributed by atoms with Crippen LogP contribution in [0.15, 0.2) is 51.7 Å². The number of imidazole rings is 1. The Hall–Kier alpha value is -1.66. The maximum Gasteiger partial charge on any atom is 0.224 e. The van der Waals surface area contributed by atoms with E-state index in [-0.39, 0.29) is 5.91 Å². The molecule has 3 rings (SSSR count). The first kappa shape index (κ1) is 21.1. The molecule has 0 radical (unpaired) electrons. The van der Waals surface area contributed by atoms with Crippen LogP contribution in [0.25, 0.3) is 16.9 Å². The summed E-state index contributed by atoms with van der Waals surface area (Å²) in [6.07, 6.45) is 11.6. The molecular weight excluding hydrogens is 482 g/mol. The van der Waals surface area contributed by atoms with Crippen molar-refractivity contribution < 1.29 is 4.79 Å². The Balaban J connectivity index is 1.63. The average molecular weight is 507 g/mol. The van der Waals surface area contributed by atoms with E-state index in [0.717, 1.165) is 44.4 Å². The fourth-order valence-electron chi connectivity index (χ4n) is 3.21. The number of hydrogen-bond donors (Lipinski definition) is 1. The lowest BCUT2D eigenvalue weighted by Crippen LogP contribution is -2.11. The first-order valence-electron chi connectivity index (χ1n) is 9.81. The number of hydrogen-bond acceptors (Lipinski definition) is 2. The van der Waals surface area contributed by atoms with Crippen molar-refractivity contribution in [2.24, 2.45) is 0 Å². The van der Waals surface area contributed by atoms with E-state index >= 15 is 0 Å². The Morgan fingerprint density at radius 2 is 1.86 bits per heavy atom. The van der Waals surface area contributed by atoms with Gasteiger partial charge in [0.1, 0.15) is 0 Å². The molecule has 148 valence electrons. The molecule has 4 nitrogen and oxygen atoms in total. The minimum absolute atomic E-state index is 0.0781. The summed E-state index contributed by atoms with van der Waals surface area (Å²) in [6.45, 7) is 2.21. The normalized spacial score (nSPS) is 11.1. The molecular formula is C22H25Br2N3O. The van der Waals surface area contributed by atoms with Crippen molar-refractivity contribution >= 4 is 49.1 Å². The first-order valence-corrected chi connectivity index (χ1v) is 11.4. The third kappa shape index (κ3) is 5.67. The number of rotatable bonds is 9. The van der Waals surface area contributed by atoms with Crippen molar-refractivity contribution in [3.05, 3.63) is 51.7 Å². The van der Waals surface area contributed by atoms with Gasteiger partial charge in [0, 0.05) is 34.5 Å². The van der Waals surface area contributed by atoms with Gasteiger partial charge in [-0.3, -0.25) is 4.79 Å². The van der Waals surface area contributed by atoms with Crippen molar-refractivity contribution in [2.45, 2.75) is 51.9 Å². The highest BCUT2D eigenvalue weighted by molar-refractivity contribution is 9.11. The van der Waals surface area contributed by atoms with E-state index in [2.05, 4.69) is 44.1 Å². The van der Waals surface area contributed by atoms with Gasteiger partial charge in [0.15, 0.2) is 5.65 Å². The van der Waals surface area contributed by atoms with Gasteiger partial charge in [0.05, 0.1) is 10.2 Å². The molecule has 1 amide bonds. The van der Waals surface area contributed by atoms with Gasteiger partial charge < -0.3 is 9.72 Å². The molecule has 2 heterocycles. The highest BCUT2D eigenvalue weighted by atomic mass is 79.9. The Kier molecular flexibility index (Phi) is 7.68. The summed E-state index contributed by atoms with van der Waals surface area (Å²) in [5.74, 6) is 0.0781. The Morgan fingerprint density at radius 3 is 2.68 bits per heavy atom. The number of carbonyl (C=O) groups excluding carboxylic acids is 1. The number of benzene rings is 1. The lowest BCUT2D eigenvalue weighted by atomic mass is 10.1. The molecule has 0 bridgehead atoms. The summed E-state index contributed by atoms with van der Waals surface area (Å²) < 4.78 is 3.89. The minimum Gasteiger partial charge on any atom is -0.326 e. The maximum absolute atomic E-state index is 12.2. The van der Waals surface area contributed by atoms with Crippen LogP contribution < -0.4 is 5.32 Å². The number of unbranched alkanes of at least 4 members (excludes halogenated alkanes) is 5. The van der Waals surface area contributed by atoms with Gasteiger partial charge in [-0.05, 0) is 56.5 Å². The molecule has 0 saturated carbocycles. The van der Waals surface area contributed by atoms with Crippen LogP contribution in [0.1, 0.15) is 51.9 Å². The number of carbonyl (C=O) groups is 1. The lowest BCUT2D eigenvalue weighted by Gasteiger charge is -2.07. The predicted molar refractivity (Wildman–Crippen MR) is 123 cm³/mol. The quantitative estimate of drug-likeness (QED) is 0.311. The molecule has 0 fully saturated rings. The van der Waals surface area contributed by atoms with Gasteiger partial charge in [-0.1, -0.05) is 51.2 Å². The first-order chi connectivity index (χ1) is 13.6. The molecule has 0 saturated heterocycles. The highest BCUT2D eigenvalue weighted by Crippen LogP contribution is 2.27. The van der Waals surface area contributed by atoms with Gasteiger partial charge in [0.2, 0.25) is 5.91 Å². The second-order valence-electron chi connectivity index (χ2n) is 7.01. The molecule has 3 aromatic rings. The van der Waals surface area contributed by atoms with E-state index < -0.39 is 0 Å². The van der Waals surface area contributed by atoms with E-state index in [4.69, 9.17) is 4.98 Å². The molecule has 6 heteroatoms. The number of nitrogens with one attached hydrogen (secondary N) is 1. The summed E-state index contributed by atoms with van der Waals surface area (Å²) in [4.78, 5) is 16.9. The molecule has 1 aromatic carbocycles. The Morgan fingerprint density at radius 1 is 1.07 bits per heavy atom.